The SMILES string of the molecule is Cc1cccc(-n2c(=S)[nH]c3cc(C(=O)N4CCCCC4)ccc3c2=O)c1C. The maximum absolute atomic E-state index is 13.2. The number of fused-ring (bicyclic) bond motifs is 1. The molecule has 1 fully saturated rings. The number of hydrogen-bond donors (Lipinski definition) is 1. The van der Waals surface area contributed by atoms with Crippen molar-refractivity contribution in [2.24, 2.45) is 0 Å². The number of likely N-dealkylation sites (tertiary alicyclic amines) is 1. The summed E-state index contributed by atoms with van der Waals surface area (Å²) >= 11 is 5.50. The van der Waals surface area contributed by atoms with Gasteiger partial charge in [-0.25, -0.2) is 0 Å². The summed E-state index contributed by atoms with van der Waals surface area (Å²) in [7, 11) is 0. The first-order chi connectivity index (χ1) is 13.5. The largest absolute Gasteiger partial charge is 0.339 e. The molecule has 0 bridgehead atoms. The molecule has 1 aliphatic heterocycles. The van der Waals surface area contributed by atoms with Crippen molar-refractivity contribution in [3.8, 4) is 5.69 Å². The topological polar surface area (TPSA) is 58.1 Å². The second-order valence-corrected chi connectivity index (χ2v) is 7.79. The van der Waals surface area contributed by atoms with E-state index in [0.29, 0.717) is 21.2 Å². The second-order valence-electron chi connectivity index (χ2n) is 7.40. The zero-order valence-electron chi connectivity index (χ0n) is 16.1. The lowest BCUT2D eigenvalue weighted by molar-refractivity contribution is 0.0724. The molecule has 1 aliphatic rings. The monoisotopic (exact) mass is 393 g/mol. The first-order valence-corrected chi connectivity index (χ1v) is 10.0. The fraction of sp³-hybridized carbons (Fsp3) is 0.318. The van der Waals surface area contributed by atoms with Crippen molar-refractivity contribution < 1.29 is 4.79 Å². The van der Waals surface area contributed by atoms with Gasteiger partial charge in [-0.1, -0.05) is 12.1 Å². The average Bonchev–Trinajstić information content (AvgIpc) is 2.70. The van der Waals surface area contributed by atoms with Crippen LogP contribution in [0.5, 0.6) is 0 Å². The lowest BCUT2D eigenvalue weighted by atomic mass is 10.1. The summed E-state index contributed by atoms with van der Waals surface area (Å²) in [5.41, 5.74) is 3.90. The van der Waals surface area contributed by atoms with Gasteiger partial charge in [-0.15, -0.1) is 0 Å². The van der Waals surface area contributed by atoms with Crippen molar-refractivity contribution in [1.29, 1.82) is 0 Å². The lowest BCUT2D eigenvalue weighted by Gasteiger charge is -2.26. The highest BCUT2D eigenvalue weighted by Crippen LogP contribution is 2.19. The molecule has 1 aromatic heterocycles. The summed E-state index contributed by atoms with van der Waals surface area (Å²) in [5, 5.41) is 0.518. The number of H-pyrrole nitrogens is 1. The summed E-state index contributed by atoms with van der Waals surface area (Å²) < 4.78 is 1.86. The van der Waals surface area contributed by atoms with E-state index in [1.165, 1.54) is 11.0 Å². The molecule has 144 valence electrons. The molecule has 0 unspecified atom stereocenters. The molecular formula is C22H23N3O2S. The second kappa shape index (κ2) is 7.36. The molecule has 1 saturated heterocycles. The minimum absolute atomic E-state index is 0.0135. The molecule has 2 heterocycles. The number of piperidine rings is 1. The van der Waals surface area contributed by atoms with Crippen LogP contribution in [0.15, 0.2) is 41.2 Å². The Labute approximate surface area is 168 Å². The third-order valence-corrected chi connectivity index (χ3v) is 5.89. The van der Waals surface area contributed by atoms with Gasteiger partial charge in [0, 0.05) is 18.7 Å². The minimum atomic E-state index is -0.176. The number of carbonyl (C=O) groups excluding carboxylic acids is 1. The van der Waals surface area contributed by atoms with Gasteiger partial charge in [0.05, 0.1) is 16.6 Å². The van der Waals surface area contributed by atoms with E-state index in [1.54, 1.807) is 18.2 Å². The quantitative estimate of drug-likeness (QED) is 0.661. The maximum Gasteiger partial charge on any atom is 0.266 e. The summed E-state index contributed by atoms with van der Waals surface area (Å²) in [6, 6.07) is 11.0. The van der Waals surface area contributed by atoms with Gasteiger partial charge in [-0.2, -0.15) is 0 Å². The first-order valence-electron chi connectivity index (χ1n) is 9.62. The Bertz CT molecular complexity index is 1190. The number of amides is 1. The molecule has 4 rings (SSSR count). The standard InChI is InChI=1S/C22H23N3O2S/c1-14-7-6-8-19(15(14)2)25-21(27)17-10-9-16(13-18(17)23-22(25)28)20(26)24-11-4-3-5-12-24/h6-10,13H,3-5,11-12H2,1-2H3,(H,23,28). The van der Waals surface area contributed by atoms with Crippen LogP contribution in [0.2, 0.25) is 0 Å². The smallest absolute Gasteiger partial charge is 0.266 e. The van der Waals surface area contributed by atoms with E-state index < -0.39 is 0 Å². The number of aromatic nitrogens is 2. The summed E-state index contributed by atoms with van der Waals surface area (Å²) in [5.74, 6) is 0.0135. The first kappa shape index (κ1) is 18.6. The Morgan fingerprint density at radius 2 is 1.82 bits per heavy atom. The number of aromatic amines is 1. The number of rotatable bonds is 2. The van der Waals surface area contributed by atoms with Gasteiger partial charge in [0.15, 0.2) is 4.77 Å². The van der Waals surface area contributed by atoms with E-state index in [0.717, 1.165) is 42.7 Å². The zero-order valence-corrected chi connectivity index (χ0v) is 16.9. The van der Waals surface area contributed by atoms with E-state index in [1.807, 2.05) is 36.9 Å². The third-order valence-electron chi connectivity index (χ3n) is 5.60. The molecule has 6 heteroatoms. The normalized spacial score (nSPS) is 14.4. The molecule has 0 atom stereocenters. The van der Waals surface area contributed by atoms with Crippen LogP contribution in [0.25, 0.3) is 16.6 Å². The van der Waals surface area contributed by atoms with Crippen molar-refractivity contribution >= 4 is 29.0 Å². The van der Waals surface area contributed by atoms with Crippen LogP contribution in [0.1, 0.15) is 40.7 Å². The summed E-state index contributed by atoms with van der Waals surface area (Å²) in [6.07, 6.45) is 3.26. The molecule has 28 heavy (non-hydrogen) atoms. The Kier molecular flexibility index (Phi) is 4.89. The van der Waals surface area contributed by atoms with Crippen molar-refractivity contribution in [3.05, 3.63) is 68.2 Å². The van der Waals surface area contributed by atoms with E-state index in [9.17, 15) is 9.59 Å². The highest BCUT2D eigenvalue weighted by Gasteiger charge is 2.19. The average molecular weight is 394 g/mol. The van der Waals surface area contributed by atoms with Crippen LogP contribution in [0.3, 0.4) is 0 Å². The lowest BCUT2D eigenvalue weighted by Crippen LogP contribution is -2.35. The molecular weight excluding hydrogens is 370 g/mol. The molecule has 0 radical (unpaired) electrons. The third kappa shape index (κ3) is 3.18. The van der Waals surface area contributed by atoms with Gasteiger partial charge in [0.1, 0.15) is 0 Å². The Hall–Kier alpha value is -2.73. The summed E-state index contributed by atoms with van der Waals surface area (Å²) in [6.45, 7) is 5.58. The molecule has 1 N–H and O–H groups in total. The van der Waals surface area contributed by atoms with Crippen LogP contribution in [0.4, 0.5) is 0 Å². The van der Waals surface area contributed by atoms with Crippen LogP contribution >= 0.6 is 12.2 Å². The molecule has 0 saturated carbocycles. The summed E-state index contributed by atoms with van der Waals surface area (Å²) in [4.78, 5) is 31.0. The highest BCUT2D eigenvalue weighted by molar-refractivity contribution is 7.71. The molecule has 0 aliphatic carbocycles. The molecule has 1 amide bonds. The van der Waals surface area contributed by atoms with Crippen LogP contribution in [0, 0.1) is 18.6 Å². The molecule has 3 aromatic rings. The fourth-order valence-corrected chi connectivity index (χ4v) is 4.12. The minimum Gasteiger partial charge on any atom is -0.339 e. The van der Waals surface area contributed by atoms with Gasteiger partial charge in [-0.3, -0.25) is 14.2 Å². The van der Waals surface area contributed by atoms with Gasteiger partial charge >= 0.3 is 0 Å². The number of aryl methyl sites for hydroxylation is 1. The van der Waals surface area contributed by atoms with Gasteiger partial charge < -0.3 is 9.88 Å². The Balaban J connectivity index is 1.83. The van der Waals surface area contributed by atoms with E-state index in [4.69, 9.17) is 12.2 Å². The number of hydrogen-bond acceptors (Lipinski definition) is 3. The number of benzene rings is 2. The van der Waals surface area contributed by atoms with E-state index >= 15 is 0 Å². The predicted molar refractivity (Wildman–Crippen MR) is 114 cm³/mol. The van der Waals surface area contributed by atoms with E-state index in [2.05, 4.69) is 4.98 Å². The van der Waals surface area contributed by atoms with Gasteiger partial charge in [0.2, 0.25) is 0 Å². The van der Waals surface area contributed by atoms with E-state index in [-0.39, 0.29) is 11.5 Å². The molecule has 5 nitrogen and oxygen atoms in total. The number of carbonyl (C=O) groups is 1. The maximum atomic E-state index is 13.2. The van der Waals surface area contributed by atoms with Crippen molar-refractivity contribution in [2.45, 2.75) is 33.1 Å². The Morgan fingerprint density at radius 3 is 2.57 bits per heavy atom. The number of nitrogens with one attached hydrogen (secondary N) is 1. The van der Waals surface area contributed by atoms with Crippen molar-refractivity contribution in [1.82, 2.24) is 14.5 Å². The van der Waals surface area contributed by atoms with Crippen molar-refractivity contribution in [3.63, 3.8) is 0 Å². The zero-order chi connectivity index (χ0) is 19.8. The number of nitrogens with zero attached hydrogens (tertiary/aromatic N) is 2. The fourth-order valence-electron chi connectivity index (χ4n) is 3.83. The highest BCUT2D eigenvalue weighted by atomic mass is 32.1. The van der Waals surface area contributed by atoms with Gasteiger partial charge in [-0.05, 0) is 80.7 Å². The molecule has 2 aromatic carbocycles. The van der Waals surface area contributed by atoms with Crippen LogP contribution < -0.4 is 5.56 Å². The van der Waals surface area contributed by atoms with Crippen LogP contribution in [-0.2, 0) is 0 Å². The van der Waals surface area contributed by atoms with Gasteiger partial charge in [0.25, 0.3) is 11.5 Å². The Morgan fingerprint density at radius 1 is 1.07 bits per heavy atom. The molecule has 0 spiro atoms. The van der Waals surface area contributed by atoms with Crippen LogP contribution in [-0.4, -0.2) is 33.4 Å². The predicted octanol–water partition coefficient (Wildman–Crippen LogP) is 4.29. The van der Waals surface area contributed by atoms with Crippen molar-refractivity contribution in [2.75, 3.05) is 13.1 Å².